The Morgan fingerprint density at radius 3 is 2.53 bits per heavy atom. The molecule has 0 bridgehead atoms. The minimum absolute atomic E-state index is 0.0129. The van der Waals surface area contributed by atoms with E-state index in [4.69, 9.17) is 33.8 Å². The van der Waals surface area contributed by atoms with Crippen molar-refractivity contribution in [2.75, 3.05) is 13.2 Å². The zero-order valence-electron chi connectivity index (χ0n) is 9.88. The zero-order valence-corrected chi connectivity index (χ0v) is 11.4. The number of rotatable bonds is 7. The third kappa shape index (κ3) is 4.82. The maximum absolute atomic E-state index is 6.10. The Bertz CT molecular complexity index is 327. The first-order chi connectivity index (χ1) is 8.19. The van der Waals surface area contributed by atoms with E-state index in [-0.39, 0.29) is 6.04 Å². The molecule has 0 amide bonds. The van der Waals surface area contributed by atoms with Crippen molar-refractivity contribution in [2.24, 2.45) is 5.84 Å². The zero-order chi connectivity index (χ0) is 12.7. The first-order valence-electron chi connectivity index (χ1n) is 5.65. The Labute approximate surface area is 112 Å². The second-order valence-corrected chi connectivity index (χ2v) is 4.66. The molecule has 1 aromatic rings. The van der Waals surface area contributed by atoms with Crippen molar-refractivity contribution in [2.45, 2.75) is 25.8 Å². The standard InChI is InChI=1S/C12H18Cl2N2O/c1-2-6-17-8-9(16-15)7-10-11(13)4-3-5-12(10)14/h3-5,9,16H,2,6-8,15H2,1H3. The molecule has 1 atom stereocenters. The third-order valence-corrected chi connectivity index (χ3v) is 3.12. The lowest BCUT2D eigenvalue weighted by atomic mass is 10.1. The predicted molar refractivity (Wildman–Crippen MR) is 72.4 cm³/mol. The van der Waals surface area contributed by atoms with Gasteiger partial charge in [-0.05, 0) is 30.5 Å². The fourth-order valence-corrected chi connectivity index (χ4v) is 2.06. The minimum atomic E-state index is 0.0129. The smallest absolute Gasteiger partial charge is 0.0636 e. The largest absolute Gasteiger partial charge is 0.380 e. The first-order valence-corrected chi connectivity index (χ1v) is 6.41. The van der Waals surface area contributed by atoms with Crippen molar-refractivity contribution in [1.29, 1.82) is 0 Å². The number of nitrogens with two attached hydrogens (primary N) is 1. The van der Waals surface area contributed by atoms with Crippen molar-refractivity contribution in [3.05, 3.63) is 33.8 Å². The van der Waals surface area contributed by atoms with Crippen LogP contribution in [0.15, 0.2) is 18.2 Å². The van der Waals surface area contributed by atoms with E-state index < -0.39 is 0 Å². The Morgan fingerprint density at radius 2 is 2.00 bits per heavy atom. The molecule has 96 valence electrons. The Balaban J connectivity index is 2.60. The van der Waals surface area contributed by atoms with Crippen LogP contribution in [0.3, 0.4) is 0 Å². The summed E-state index contributed by atoms with van der Waals surface area (Å²) >= 11 is 12.2. The molecule has 0 aliphatic carbocycles. The summed E-state index contributed by atoms with van der Waals surface area (Å²) in [4.78, 5) is 0. The second kappa shape index (κ2) is 7.90. The van der Waals surface area contributed by atoms with Crippen molar-refractivity contribution < 1.29 is 4.74 Å². The van der Waals surface area contributed by atoms with E-state index in [2.05, 4.69) is 12.3 Å². The third-order valence-electron chi connectivity index (χ3n) is 2.42. The topological polar surface area (TPSA) is 47.3 Å². The van der Waals surface area contributed by atoms with Crippen molar-refractivity contribution in [3.8, 4) is 0 Å². The van der Waals surface area contributed by atoms with E-state index in [0.717, 1.165) is 18.6 Å². The van der Waals surface area contributed by atoms with Crippen LogP contribution in [0.1, 0.15) is 18.9 Å². The highest BCUT2D eigenvalue weighted by Crippen LogP contribution is 2.25. The molecule has 17 heavy (non-hydrogen) atoms. The van der Waals surface area contributed by atoms with Crippen LogP contribution >= 0.6 is 23.2 Å². The lowest BCUT2D eigenvalue weighted by Crippen LogP contribution is -2.40. The molecule has 5 heteroatoms. The number of hydrazine groups is 1. The van der Waals surface area contributed by atoms with Gasteiger partial charge in [-0.1, -0.05) is 36.2 Å². The van der Waals surface area contributed by atoms with Gasteiger partial charge in [0.1, 0.15) is 0 Å². The molecule has 0 aliphatic heterocycles. The summed E-state index contributed by atoms with van der Waals surface area (Å²) in [5.41, 5.74) is 3.62. The molecule has 3 nitrogen and oxygen atoms in total. The van der Waals surface area contributed by atoms with Crippen LogP contribution < -0.4 is 11.3 Å². The van der Waals surface area contributed by atoms with E-state index in [0.29, 0.717) is 23.1 Å². The average Bonchev–Trinajstić information content (AvgIpc) is 2.32. The van der Waals surface area contributed by atoms with E-state index in [1.807, 2.05) is 18.2 Å². The van der Waals surface area contributed by atoms with E-state index in [1.54, 1.807) is 0 Å². The van der Waals surface area contributed by atoms with Gasteiger partial charge in [-0.2, -0.15) is 0 Å². The van der Waals surface area contributed by atoms with Crippen LogP contribution in [0.25, 0.3) is 0 Å². The summed E-state index contributed by atoms with van der Waals surface area (Å²) in [5.74, 6) is 5.49. The van der Waals surface area contributed by atoms with Gasteiger partial charge < -0.3 is 4.74 Å². The summed E-state index contributed by atoms with van der Waals surface area (Å²) in [6.07, 6.45) is 1.64. The number of halogens is 2. The second-order valence-electron chi connectivity index (χ2n) is 3.84. The van der Waals surface area contributed by atoms with Crippen LogP contribution in [0.2, 0.25) is 10.0 Å². The maximum atomic E-state index is 6.10. The molecular weight excluding hydrogens is 259 g/mol. The number of ether oxygens (including phenoxy) is 1. The first kappa shape index (κ1) is 14.7. The molecule has 1 unspecified atom stereocenters. The summed E-state index contributed by atoms with van der Waals surface area (Å²) < 4.78 is 5.46. The van der Waals surface area contributed by atoms with Crippen LogP contribution in [0.4, 0.5) is 0 Å². The number of nitrogens with one attached hydrogen (secondary N) is 1. The van der Waals surface area contributed by atoms with Gasteiger partial charge in [0, 0.05) is 22.7 Å². The van der Waals surface area contributed by atoms with E-state index in [1.165, 1.54) is 0 Å². The van der Waals surface area contributed by atoms with Crippen molar-refractivity contribution in [1.82, 2.24) is 5.43 Å². The van der Waals surface area contributed by atoms with Crippen LogP contribution in [-0.4, -0.2) is 19.3 Å². The Kier molecular flexibility index (Phi) is 6.85. The lowest BCUT2D eigenvalue weighted by Gasteiger charge is -2.17. The summed E-state index contributed by atoms with van der Waals surface area (Å²) in [6, 6.07) is 5.48. The normalized spacial score (nSPS) is 12.7. The van der Waals surface area contributed by atoms with Gasteiger partial charge in [0.25, 0.3) is 0 Å². The Hall–Kier alpha value is -0.320. The van der Waals surface area contributed by atoms with Crippen molar-refractivity contribution in [3.63, 3.8) is 0 Å². The maximum Gasteiger partial charge on any atom is 0.0636 e. The minimum Gasteiger partial charge on any atom is -0.380 e. The molecule has 0 saturated heterocycles. The van der Waals surface area contributed by atoms with Crippen LogP contribution in [0, 0.1) is 0 Å². The fourth-order valence-electron chi connectivity index (χ4n) is 1.51. The number of benzene rings is 1. The molecule has 0 spiro atoms. The van der Waals surface area contributed by atoms with Gasteiger partial charge in [0.15, 0.2) is 0 Å². The lowest BCUT2D eigenvalue weighted by molar-refractivity contribution is 0.112. The van der Waals surface area contributed by atoms with Gasteiger partial charge in [-0.3, -0.25) is 11.3 Å². The highest BCUT2D eigenvalue weighted by Gasteiger charge is 2.13. The molecule has 1 aromatic carbocycles. The molecule has 0 fully saturated rings. The Morgan fingerprint density at radius 1 is 1.35 bits per heavy atom. The van der Waals surface area contributed by atoms with Gasteiger partial charge >= 0.3 is 0 Å². The molecule has 0 heterocycles. The molecule has 0 saturated carbocycles. The fraction of sp³-hybridized carbons (Fsp3) is 0.500. The van der Waals surface area contributed by atoms with E-state index >= 15 is 0 Å². The van der Waals surface area contributed by atoms with Crippen molar-refractivity contribution >= 4 is 23.2 Å². The quantitative estimate of drug-likeness (QED) is 0.457. The molecular formula is C12H18Cl2N2O. The molecule has 0 radical (unpaired) electrons. The monoisotopic (exact) mass is 276 g/mol. The van der Waals surface area contributed by atoms with Crippen LogP contribution in [-0.2, 0) is 11.2 Å². The summed E-state index contributed by atoms with van der Waals surface area (Å²) in [5, 5.41) is 1.32. The SMILES string of the molecule is CCCOCC(Cc1c(Cl)cccc1Cl)NN. The number of hydrogen-bond donors (Lipinski definition) is 2. The van der Waals surface area contributed by atoms with Crippen LogP contribution in [0.5, 0.6) is 0 Å². The molecule has 0 aliphatic rings. The number of hydrogen-bond acceptors (Lipinski definition) is 3. The average molecular weight is 277 g/mol. The predicted octanol–water partition coefficient (Wildman–Crippen LogP) is 2.79. The highest BCUT2D eigenvalue weighted by atomic mass is 35.5. The van der Waals surface area contributed by atoms with Gasteiger partial charge in [-0.15, -0.1) is 0 Å². The molecule has 0 aromatic heterocycles. The molecule has 1 rings (SSSR count). The molecule has 3 N–H and O–H groups in total. The summed E-state index contributed by atoms with van der Waals surface area (Å²) in [7, 11) is 0. The highest BCUT2D eigenvalue weighted by molar-refractivity contribution is 6.35. The van der Waals surface area contributed by atoms with E-state index in [9.17, 15) is 0 Å². The van der Waals surface area contributed by atoms with Gasteiger partial charge in [0.05, 0.1) is 6.61 Å². The van der Waals surface area contributed by atoms with Gasteiger partial charge in [0.2, 0.25) is 0 Å². The van der Waals surface area contributed by atoms with Gasteiger partial charge in [-0.25, -0.2) is 0 Å². The summed E-state index contributed by atoms with van der Waals surface area (Å²) in [6.45, 7) is 3.34.